The SMILES string of the molecule is CCNC(=NCCCn1nc(C)cc1C)N1CCSC(CC)C1.I. The van der Waals surface area contributed by atoms with E-state index >= 15 is 0 Å². The number of guanidine groups is 1. The maximum atomic E-state index is 4.84. The number of nitrogens with zero attached hydrogens (tertiary/aromatic N) is 4. The van der Waals surface area contributed by atoms with E-state index in [1.165, 1.54) is 17.9 Å². The number of aliphatic imine (C=N–C) groups is 1. The molecule has 0 radical (unpaired) electrons. The van der Waals surface area contributed by atoms with Gasteiger partial charge in [0.2, 0.25) is 0 Å². The molecule has 2 rings (SSSR count). The molecule has 24 heavy (non-hydrogen) atoms. The first-order valence-electron chi connectivity index (χ1n) is 8.80. The summed E-state index contributed by atoms with van der Waals surface area (Å²) in [5.41, 5.74) is 2.33. The summed E-state index contributed by atoms with van der Waals surface area (Å²) >= 11 is 2.10. The van der Waals surface area contributed by atoms with E-state index in [1.807, 2.05) is 6.92 Å². The average Bonchev–Trinajstić information content (AvgIpc) is 2.88. The topological polar surface area (TPSA) is 45.5 Å². The van der Waals surface area contributed by atoms with Gasteiger partial charge in [-0.1, -0.05) is 6.92 Å². The van der Waals surface area contributed by atoms with Gasteiger partial charge in [-0.15, -0.1) is 24.0 Å². The molecule has 1 N–H and O–H groups in total. The third-order valence-corrected chi connectivity index (χ3v) is 5.49. The number of rotatable bonds is 6. The molecule has 1 saturated heterocycles. The second-order valence-corrected chi connectivity index (χ2v) is 7.49. The Bertz CT molecular complexity index is 517. The van der Waals surface area contributed by atoms with Crippen LogP contribution in [0.1, 0.15) is 38.1 Å². The molecule has 1 aliphatic heterocycles. The van der Waals surface area contributed by atoms with Crippen molar-refractivity contribution in [2.75, 3.05) is 31.9 Å². The highest BCUT2D eigenvalue weighted by atomic mass is 127. The quantitative estimate of drug-likeness (QED) is 0.303. The predicted molar refractivity (Wildman–Crippen MR) is 116 cm³/mol. The van der Waals surface area contributed by atoms with Crippen LogP contribution in [0.15, 0.2) is 11.1 Å². The summed E-state index contributed by atoms with van der Waals surface area (Å²) in [6.07, 6.45) is 2.26. The van der Waals surface area contributed by atoms with Crippen molar-refractivity contribution in [1.82, 2.24) is 20.0 Å². The van der Waals surface area contributed by atoms with Gasteiger partial charge in [0.15, 0.2) is 5.96 Å². The molecule has 2 heterocycles. The molecule has 0 amide bonds. The molecule has 1 fully saturated rings. The van der Waals surface area contributed by atoms with Crippen molar-refractivity contribution in [2.45, 2.75) is 52.3 Å². The van der Waals surface area contributed by atoms with Gasteiger partial charge in [0, 0.05) is 49.4 Å². The first-order chi connectivity index (χ1) is 11.1. The van der Waals surface area contributed by atoms with Crippen molar-refractivity contribution < 1.29 is 0 Å². The van der Waals surface area contributed by atoms with Crippen LogP contribution in [-0.2, 0) is 6.54 Å². The van der Waals surface area contributed by atoms with Crippen LogP contribution in [-0.4, -0.2) is 57.8 Å². The number of hydrogen-bond acceptors (Lipinski definition) is 3. The lowest BCUT2D eigenvalue weighted by Gasteiger charge is -2.34. The maximum Gasteiger partial charge on any atom is 0.193 e. The first kappa shape index (κ1) is 21.6. The Morgan fingerprint density at radius 2 is 2.21 bits per heavy atom. The minimum absolute atomic E-state index is 0. The Hall–Kier alpha value is -0.440. The van der Waals surface area contributed by atoms with Gasteiger partial charge in [0.1, 0.15) is 0 Å². The van der Waals surface area contributed by atoms with Crippen LogP contribution in [0.3, 0.4) is 0 Å². The normalized spacial score (nSPS) is 18.4. The van der Waals surface area contributed by atoms with E-state index in [-0.39, 0.29) is 24.0 Å². The number of aryl methyl sites for hydroxylation is 3. The third-order valence-electron chi connectivity index (χ3n) is 4.12. The molecule has 138 valence electrons. The molecule has 0 aliphatic carbocycles. The van der Waals surface area contributed by atoms with E-state index in [4.69, 9.17) is 4.99 Å². The summed E-state index contributed by atoms with van der Waals surface area (Å²) in [6.45, 7) is 13.5. The van der Waals surface area contributed by atoms with Gasteiger partial charge >= 0.3 is 0 Å². The molecular formula is C17H32IN5S. The highest BCUT2D eigenvalue weighted by molar-refractivity contribution is 14.0. The number of halogens is 1. The second-order valence-electron chi connectivity index (χ2n) is 6.09. The fourth-order valence-electron chi connectivity index (χ4n) is 2.89. The molecule has 1 aliphatic rings. The summed E-state index contributed by atoms with van der Waals surface area (Å²) in [7, 11) is 0. The second kappa shape index (κ2) is 11.2. The fraction of sp³-hybridized carbons (Fsp3) is 0.765. The molecule has 1 unspecified atom stereocenters. The van der Waals surface area contributed by atoms with Gasteiger partial charge < -0.3 is 10.2 Å². The van der Waals surface area contributed by atoms with Crippen molar-refractivity contribution in [2.24, 2.45) is 4.99 Å². The summed E-state index contributed by atoms with van der Waals surface area (Å²) < 4.78 is 2.09. The number of aromatic nitrogens is 2. The van der Waals surface area contributed by atoms with Crippen molar-refractivity contribution in [3.63, 3.8) is 0 Å². The Labute approximate surface area is 168 Å². The molecule has 5 nitrogen and oxygen atoms in total. The molecule has 7 heteroatoms. The van der Waals surface area contributed by atoms with Gasteiger partial charge in [0.25, 0.3) is 0 Å². The Kier molecular flexibility index (Phi) is 10.1. The van der Waals surface area contributed by atoms with E-state index in [0.717, 1.165) is 56.0 Å². The molecule has 0 aromatic carbocycles. The van der Waals surface area contributed by atoms with Crippen molar-refractivity contribution >= 4 is 41.7 Å². The largest absolute Gasteiger partial charge is 0.357 e. The minimum Gasteiger partial charge on any atom is -0.357 e. The van der Waals surface area contributed by atoms with Crippen LogP contribution in [0.2, 0.25) is 0 Å². The van der Waals surface area contributed by atoms with Gasteiger partial charge in [-0.2, -0.15) is 16.9 Å². The average molecular weight is 465 g/mol. The maximum absolute atomic E-state index is 4.84. The Morgan fingerprint density at radius 1 is 1.42 bits per heavy atom. The van der Waals surface area contributed by atoms with E-state index in [2.05, 4.69) is 58.6 Å². The summed E-state index contributed by atoms with van der Waals surface area (Å²) in [5.74, 6) is 2.29. The summed E-state index contributed by atoms with van der Waals surface area (Å²) in [5, 5.41) is 8.71. The zero-order chi connectivity index (χ0) is 16.7. The summed E-state index contributed by atoms with van der Waals surface area (Å²) in [6, 6.07) is 2.13. The van der Waals surface area contributed by atoms with Crippen molar-refractivity contribution in [3.05, 3.63) is 17.5 Å². The number of thioether (sulfide) groups is 1. The van der Waals surface area contributed by atoms with Gasteiger partial charge in [0.05, 0.1) is 5.69 Å². The van der Waals surface area contributed by atoms with Crippen LogP contribution >= 0.6 is 35.7 Å². The molecule has 0 saturated carbocycles. The zero-order valence-electron chi connectivity index (χ0n) is 15.4. The highest BCUT2D eigenvalue weighted by Crippen LogP contribution is 2.21. The van der Waals surface area contributed by atoms with E-state index in [0.29, 0.717) is 0 Å². The summed E-state index contributed by atoms with van der Waals surface area (Å²) in [4.78, 5) is 7.27. The minimum atomic E-state index is 0. The monoisotopic (exact) mass is 465 g/mol. The number of hydrogen-bond donors (Lipinski definition) is 1. The highest BCUT2D eigenvalue weighted by Gasteiger charge is 2.21. The molecule has 1 aromatic heterocycles. The Balaban J connectivity index is 0.00000288. The van der Waals surface area contributed by atoms with E-state index in [9.17, 15) is 0 Å². The van der Waals surface area contributed by atoms with Gasteiger partial charge in [-0.05, 0) is 39.7 Å². The van der Waals surface area contributed by atoms with Gasteiger partial charge in [-0.3, -0.25) is 9.67 Å². The van der Waals surface area contributed by atoms with Crippen LogP contribution in [0.25, 0.3) is 0 Å². The third kappa shape index (κ3) is 6.46. The molecule has 1 atom stereocenters. The standard InChI is InChI=1S/C17H31N5S.HI/c1-5-16-13-21(10-11-23-16)17(18-6-2)19-8-7-9-22-15(4)12-14(3)20-22;/h12,16H,5-11,13H2,1-4H3,(H,18,19);1H. The lowest BCUT2D eigenvalue weighted by Crippen LogP contribution is -2.48. The molecule has 0 bridgehead atoms. The van der Waals surface area contributed by atoms with Crippen LogP contribution < -0.4 is 5.32 Å². The Morgan fingerprint density at radius 3 is 2.83 bits per heavy atom. The fourth-order valence-corrected chi connectivity index (χ4v) is 4.07. The zero-order valence-corrected chi connectivity index (χ0v) is 18.6. The van der Waals surface area contributed by atoms with E-state index < -0.39 is 0 Å². The number of nitrogens with one attached hydrogen (secondary N) is 1. The van der Waals surface area contributed by atoms with Crippen molar-refractivity contribution in [1.29, 1.82) is 0 Å². The molecule has 1 aromatic rings. The molecular weight excluding hydrogens is 433 g/mol. The van der Waals surface area contributed by atoms with Crippen LogP contribution in [0.4, 0.5) is 0 Å². The van der Waals surface area contributed by atoms with Gasteiger partial charge in [-0.25, -0.2) is 0 Å². The van der Waals surface area contributed by atoms with Crippen LogP contribution in [0, 0.1) is 13.8 Å². The smallest absolute Gasteiger partial charge is 0.193 e. The first-order valence-corrected chi connectivity index (χ1v) is 9.84. The van der Waals surface area contributed by atoms with Crippen molar-refractivity contribution in [3.8, 4) is 0 Å². The van der Waals surface area contributed by atoms with E-state index in [1.54, 1.807) is 0 Å². The van der Waals surface area contributed by atoms with Crippen LogP contribution in [0.5, 0.6) is 0 Å². The lowest BCUT2D eigenvalue weighted by molar-refractivity contribution is 0.407. The lowest BCUT2D eigenvalue weighted by atomic mass is 10.3. The molecule has 0 spiro atoms. The predicted octanol–water partition coefficient (Wildman–Crippen LogP) is 3.30.